The molecule has 2 aromatic rings. The number of nitrogens with zero attached hydrogens (tertiary/aromatic N) is 4. The van der Waals surface area contributed by atoms with Crippen LogP contribution in [0.4, 0.5) is 0 Å². The van der Waals surface area contributed by atoms with Crippen LogP contribution in [0.2, 0.25) is 0 Å². The number of hydrogen-bond donors (Lipinski definition) is 2. The van der Waals surface area contributed by atoms with Crippen molar-refractivity contribution in [2.75, 3.05) is 19.6 Å². The first kappa shape index (κ1) is 22.6. The van der Waals surface area contributed by atoms with Gasteiger partial charge in [-0.25, -0.2) is 0 Å². The van der Waals surface area contributed by atoms with E-state index in [0.29, 0.717) is 0 Å². The molecule has 0 saturated heterocycles. The third kappa shape index (κ3) is 5.68. The van der Waals surface area contributed by atoms with Crippen LogP contribution in [0.5, 0.6) is 0 Å². The molecule has 1 aliphatic rings. The number of aliphatic imine (C=N–C) groups is 1. The molecule has 1 aromatic carbocycles. The molecule has 0 unspecified atom stereocenters. The second kappa shape index (κ2) is 11.4. The lowest BCUT2D eigenvalue weighted by molar-refractivity contribution is 0.452. The van der Waals surface area contributed by atoms with Crippen LogP contribution in [-0.2, 0) is 18.4 Å². The zero-order chi connectivity index (χ0) is 19.0. The van der Waals surface area contributed by atoms with E-state index in [4.69, 9.17) is 4.99 Å². The van der Waals surface area contributed by atoms with Gasteiger partial charge in [0.2, 0.25) is 0 Å². The highest BCUT2D eigenvalue weighted by Crippen LogP contribution is 2.41. The summed E-state index contributed by atoms with van der Waals surface area (Å²) in [4.78, 5) is 4.96. The van der Waals surface area contributed by atoms with Crippen molar-refractivity contribution in [3.05, 3.63) is 48.0 Å². The molecule has 0 amide bonds. The largest absolute Gasteiger partial charge is 0.357 e. The van der Waals surface area contributed by atoms with Gasteiger partial charge in [0.1, 0.15) is 12.2 Å². The summed E-state index contributed by atoms with van der Waals surface area (Å²) in [6.07, 6.45) is 7.73. The highest BCUT2D eigenvalue weighted by atomic mass is 127. The second-order valence-corrected chi connectivity index (χ2v) is 7.27. The maximum atomic E-state index is 4.96. The molecule has 154 valence electrons. The molecule has 3 rings (SSSR count). The van der Waals surface area contributed by atoms with E-state index in [2.05, 4.69) is 69.6 Å². The number of aromatic nitrogens is 3. The van der Waals surface area contributed by atoms with E-state index in [-0.39, 0.29) is 29.4 Å². The van der Waals surface area contributed by atoms with Gasteiger partial charge in [-0.05, 0) is 25.3 Å². The maximum Gasteiger partial charge on any atom is 0.191 e. The van der Waals surface area contributed by atoms with Gasteiger partial charge in [0.25, 0.3) is 0 Å². The van der Waals surface area contributed by atoms with Gasteiger partial charge in [0.15, 0.2) is 5.96 Å². The molecular formula is C21H33IN6. The van der Waals surface area contributed by atoms with Crippen LogP contribution in [0, 0.1) is 0 Å². The number of aryl methyl sites for hydroxylation is 1. The molecular weight excluding hydrogens is 463 g/mol. The normalized spacial score (nSPS) is 15.9. The van der Waals surface area contributed by atoms with Gasteiger partial charge in [0, 0.05) is 31.5 Å². The van der Waals surface area contributed by atoms with Gasteiger partial charge < -0.3 is 15.2 Å². The number of guanidine groups is 1. The average Bonchev–Trinajstić information content (AvgIpc) is 3.37. The van der Waals surface area contributed by atoms with Crippen LogP contribution in [0.15, 0.2) is 41.7 Å². The van der Waals surface area contributed by atoms with Gasteiger partial charge in [-0.15, -0.1) is 34.2 Å². The highest BCUT2D eigenvalue weighted by molar-refractivity contribution is 14.0. The van der Waals surface area contributed by atoms with E-state index in [0.717, 1.165) is 44.4 Å². The molecule has 1 saturated carbocycles. The van der Waals surface area contributed by atoms with Crippen molar-refractivity contribution < 1.29 is 0 Å². The molecule has 2 N–H and O–H groups in total. The third-order valence-electron chi connectivity index (χ3n) is 5.49. The van der Waals surface area contributed by atoms with Crippen LogP contribution in [0.3, 0.4) is 0 Å². The smallest absolute Gasteiger partial charge is 0.191 e. The van der Waals surface area contributed by atoms with E-state index < -0.39 is 0 Å². The minimum absolute atomic E-state index is 0. The van der Waals surface area contributed by atoms with Crippen molar-refractivity contribution >= 4 is 29.9 Å². The Morgan fingerprint density at radius 2 is 1.89 bits per heavy atom. The molecule has 1 fully saturated rings. The fraction of sp³-hybridized carbons (Fsp3) is 0.571. The Kier molecular flexibility index (Phi) is 9.21. The molecule has 0 radical (unpaired) electrons. The lowest BCUT2D eigenvalue weighted by atomic mass is 9.79. The lowest BCUT2D eigenvalue weighted by Gasteiger charge is -2.28. The second-order valence-electron chi connectivity index (χ2n) is 7.27. The lowest BCUT2D eigenvalue weighted by Crippen LogP contribution is -2.40. The molecule has 28 heavy (non-hydrogen) atoms. The topological polar surface area (TPSA) is 67.1 Å². The Labute approximate surface area is 185 Å². The Hall–Kier alpha value is -1.64. The summed E-state index contributed by atoms with van der Waals surface area (Å²) < 4.78 is 2.10. The van der Waals surface area contributed by atoms with Crippen molar-refractivity contribution in [1.29, 1.82) is 0 Å². The van der Waals surface area contributed by atoms with Crippen LogP contribution < -0.4 is 10.6 Å². The van der Waals surface area contributed by atoms with Crippen molar-refractivity contribution in [2.24, 2.45) is 4.99 Å². The molecule has 0 aliphatic heterocycles. The summed E-state index contributed by atoms with van der Waals surface area (Å²) >= 11 is 0. The zero-order valence-corrected chi connectivity index (χ0v) is 19.4. The van der Waals surface area contributed by atoms with Crippen LogP contribution in [0.25, 0.3) is 0 Å². The SMILES string of the molecule is CCNC(=NCC1(c2ccccc2)CCCC1)NCCn1cnnc1CC.I. The first-order valence-corrected chi connectivity index (χ1v) is 10.2. The predicted molar refractivity (Wildman–Crippen MR) is 125 cm³/mol. The summed E-state index contributed by atoms with van der Waals surface area (Å²) in [7, 11) is 0. The summed E-state index contributed by atoms with van der Waals surface area (Å²) in [6.45, 7) is 7.54. The third-order valence-corrected chi connectivity index (χ3v) is 5.49. The number of benzene rings is 1. The van der Waals surface area contributed by atoms with E-state index >= 15 is 0 Å². The van der Waals surface area contributed by atoms with Crippen molar-refractivity contribution in [3.8, 4) is 0 Å². The predicted octanol–water partition coefficient (Wildman–Crippen LogP) is 3.53. The fourth-order valence-electron chi connectivity index (χ4n) is 3.99. The Balaban J connectivity index is 0.00000280. The highest BCUT2D eigenvalue weighted by Gasteiger charge is 2.35. The minimum atomic E-state index is 0. The van der Waals surface area contributed by atoms with Crippen molar-refractivity contribution in [3.63, 3.8) is 0 Å². The van der Waals surface area contributed by atoms with Crippen LogP contribution in [-0.4, -0.2) is 40.4 Å². The summed E-state index contributed by atoms with van der Waals surface area (Å²) in [5, 5.41) is 15.0. The monoisotopic (exact) mass is 496 g/mol. The first-order valence-electron chi connectivity index (χ1n) is 10.2. The summed E-state index contributed by atoms with van der Waals surface area (Å²) in [5.41, 5.74) is 1.62. The van der Waals surface area contributed by atoms with Gasteiger partial charge in [-0.1, -0.05) is 50.1 Å². The zero-order valence-electron chi connectivity index (χ0n) is 17.0. The standard InChI is InChI=1S/C21H32N6.HI/c1-3-19-26-25-17-27(19)15-14-23-20(22-4-2)24-16-21(12-8-9-13-21)18-10-6-5-7-11-18;/h5-7,10-11,17H,3-4,8-9,12-16H2,1-2H3,(H2,22,23,24);1H. The molecule has 0 bridgehead atoms. The number of rotatable bonds is 8. The molecule has 1 heterocycles. The van der Waals surface area contributed by atoms with Gasteiger partial charge in [-0.2, -0.15) is 0 Å². The first-order chi connectivity index (χ1) is 13.3. The van der Waals surface area contributed by atoms with Gasteiger partial charge >= 0.3 is 0 Å². The molecule has 7 heteroatoms. The fourth-order valence-corrected chi connectivity index (χ4v) is 3.99. The minimum Gasteiger partial charge on any atom is -0.357 e. The van der Waals surface area contributed by atoms with Gasteiger partial charge in [0.05, 0.1) is 6.54 Å². The van der Waals surface area contributed by atoms with E-state index in [1.807, 2.05) is 0 Å². The Morgan fingerprint density at radius 3 is 2.57 bits per heavy atom. The van der Waals surface area contributed by atoms with Crippen molar-refractivity contribution in [2.45, 2.75) is 57.9 Å². The summed E-state index contributed by atoms with van der Waals surface area (Å²) in [5.74, 6) is 1.92. The molecule has 0 spiro atoms. The molecule has 0 atom stereocenters. The Bertz CT molecular complexity index is 722. The van der Waals surface area contributed by atoms with Crippen molar-refractivity contribution in [1.82, 2.24) is 25.4 Å². The number of halogens is 1. The van der Waals surface area contributed by atoms with E-state index in [1.54, 1.807) is 6.33 Å². The number of nitrogens with one attached hydrogen (secondary N) is 2. The molecule has 6 nitrogen and oxygen atoms in total. The van der Waals surface area contributed by atoms with Crippen LogP contribution >= 0.6 is 24.0 Å². The molecule has 1 aromatic heterocycles. The maximum absolute atomic E-state index is 4.96. The Morgan fingerprint density at radius 1 is 1.14 bits per heavy atom. The van der Waals surface area contributed by atoms with Crippen LogP contribution in [0.1, 0.15) is 50.9 Å². The number of hydrogen-bond acceptors (Lipinski definition) is 3. The average molecular weight is 496 g/mol. The van der Waals surface area contributed by atoms with Gasteiger partial charge in [-0.3, -0.25) is 4.99 Å². The molecule has 1 aliphatic carbocycles. The summed E-state index contributed by atoms with van der Waals surface area (Å²) in [6, 6.07) is 10.9. The van der Waals surface area contributed by atoms with E-state index in [1.165, 1.54) is 31.2 Å². The quantitative estimate of drug-likeness (QED) is 0.334. The van der Waals surface area contributed by atoms with E-state index in [9.17, 15) is 0 Å².